The van der Waals surface area contributed by atoms with Gasteiger partial charge in [0.15, 0.2) is 0 Å². The van der Waals surface area contributed by atoms with E-state index in [1.807, 2.05) is 0 Å². The summed E-state index contributed by atoms with van der Waals surface area (Å²) in [5.74, 6) is 0.794. The van der Waals surface area contributed by atoms with Crippen molar-refractivity contribution in [1.29, 1.82) is 0 Å². The number of methoxy groups -OCH3 is 1. The minimum atomic E-state index is -0.542. The van der Waals surface area contributed by atoms with Crippen LogP contribution in [0.2, 0.25) is 0 Å². The summed E-state index contributed by atoms with van der Waals surface area (Å²) in [6, 6.07) is 6.08. The molecule has 0 aromatic heterocycles. The van der Waals surface area contributed by atoms with Crippen molar-refractivity contribution in [3.63, 3.8) is 0 Å². The Balaban J connectivity index is 0.00000261. The SMILES string of the molecule is COC(=O)C1CCCCN1C(=O)c1cccc(NC(=O)C2CSCN2)c1.Cl. The number of amides is 2. The number of anilines is 1. The molecule has 1 aromatic rings. The van der Waals surface area contributed by atoms with Crippen molar-refractivity contribution in [2.45, 2.75) is 31.3 Å². The predicted octanol–water partition coefficient (Wildman–Crippen LogP) is 1.88. The van der Waals surface area contributed by atoms with Crippen molar-refractivity contribution in [1.82, 2.24) is 10.2 Å². The van der Waals surface area contributed by atoms with Gasteiger partial charge in [0.1, 0.15) is 6.04 Å². The highest BCUT2D eigenvalue weighted by Gasteiger charge is 2.33. The molecule has 0 saturated carbocycles. The maximum absolute atomic E-state index is 12.9. The summed E-state index contributed by atoms with van der Waals surface area (Å²) in [6.45, 7) is 0.526. The fourth-order valence-electron chi connectivity index (χ4n) is 3.24. The summed E-state index contributed by atoms with van der Waals surface area (Å²) in [4.78, 5) is 38.7. The minimum Gasteiger partial charge on any atom is -0.467 e. The number of carbonyl (C=O) groups is 3. The lowest BCUT2D eigenvalue weighted by molar-refractivity contribution is -0.147. The van der Waals surface area contributed by atoms with E-state index in [4.69, 9.17) is 4.74 Å². The first-order valence-electron chi connectivity index (χ1n) is 8.71. The van der Waals surface area contributed by atoms with E-state index in [1.54, 1.807) is 40.9 Å². The molecule has 0 radical (unpaired) electrons. The molecule has 2 aliphatic rings. The zero-order valence-electron chi connectivity index (χ0n) is 15.1. The number of thioether (sulfide) groups is 1. The molecule has 1 aromatic carbocycles. The lowest BCUT2D eigenvalue weighted by Crippen LogP contribution is -2.48. The number of esters is 1. The van der Waals surface area contributed by atoms with E-state index in [1.165, 1.54) is 7.11 Å². The van der Waals surface area contributed by atoms with Crippen LogP contribution in [-0.2, 0) is 14.3 Å². The smallest absolute Gasteiger partial charge is 0.328 e. The largest absolute Gasteiger partial charge is 0.467 e. The van der Waals surface area contributed by atoms with E-state index in [0.29, 0.717) is 24.2 Å². The zero-order chi connectivity index (χ0) is 18.5. The number of piperidine rings is 1. The third-order valence-corrected chi connectivity index (χ3v) is 5.59. The molecule has 2 heterocycles. The number of hydrogen-bond donors (Lipinski definition) is 2. The highest BCUT2D eigenvalue weighted by Crippen LogP contribution is 2.22. The van der Waals surface area contributed by atoms with E-state index in [-0.39, 0.29) is 36.2 Å². The highest BCUT2D eigenvalue weighted by atomic mass is 35.5. The molecule has 7 nitrogen and oxygen atoms in total. The van der Waals surface area contributed by atoms with Crippen LogP contribution in [0.1, 0.15) is 29.6 Å². The van der Waals surface area contributed by atoms with Gasteiger partial charge < -0.3 is 15.0 Å². The van der Waals surface area contributed by atoms with Crippen molar-refractivity contribution in [2.24, 2.45) is 0 Å². The van der Waals surface area contributed by atoms with Crippen LogP contribution in [-0.4, -0.2) is 60.1 Å². The van der Waals surface area contributed by atoms with Gasteiger partial charge in [-0.2, -0.15) is 0 Å². The van der Waals surface area contributed by atoms with Crippen molar-refractivity contribution in [3.8, 4) is 0 Å². The van der Waals surface area contributed by atoms with E-state index in [2.05, 4.69) is 10.6 Å². The van der Waals surface area contributed by atoms with Crippen molar-refractivity contribution < 1.29 is 19.1 Å². The second-order valence-corrected chi connectivity index (χ2v) is 7.41. The summed E-state index contributed by atoms with van der Waals surface area (Å²) in [5.41, 5.74) is 1.03. The lowest BCUT2D eigenvalue weighted by Gasteiger charge is -2.33. The normalized spacial score (nSPS) is 21.9. The summed E-state index contributed by atoms with van der Waals surface area (Å²) in [7, 11) is 1.34. The first-order chi connectivity index (χ1) is 12.6. The van der Waals surface area contributed by atoms with Gasteiger partial charge >= 0.3 is 5.97 Å². The lowest BCUT2D eigenvalue weighted by atomic mass is 10.0. The van der Waals surface area contributed by atoms with E-state index < -0.39 is 6.04 Å². The fourth-order valence-corrected chi connectivity index (χ4v) is 4.19. The summed E-state index contributed by atoms with van der Waals surface area (Å²) in [6.07, 6.45) is 2.37. The summed E-state index contributed by atoms with van der Waals surface area (Å²) >= 11 is 1.68. The Kier molecular flexibility index (Phi) is 7.94. The van der Waals surface area contributed by atoms with E-state index in [0.717, 1.165) is 24.5 Å². The fraction of sp³-hybridized carbons (Fsp3) is 0.500. The van der Waals surface area contributed by atoms with Gasteiger partial charge in [-0.25, -0.2) is 4.79 Å². The average molecular weight is 414 g/mol. The summed E-state index contributed by atoms with van der Waals surface area (Å²) < 4.78 is 4.84. The second kappa shape index (κ2) is 9.96. The van der Waals surface area contributed by atoms with Gasteiger partial charge in [0.25, 0.3) is 5.91 Å². The Morgan fingerprint density at radius 2 is 2.11 bits per heavy atom. The molecule has 0 aliphatic carbocycles. The number of nitrogens with one attached hydrogen (secondary N) is 2. The molecular formula is C18H24ClN3O4S. The average Bonchev–Trinajstić information content (AvgIpc) is 3.22. The van der Waals surface area contributed by atoms with Gasteiger partial charge in [-0.05, 0) is 37.5 Å². The molecule has 27 heavy (non-hydrogen) atoms. The Morgan fingerprint density at radius 3 is 2.81 bits per heavy atom. The van der Waals surface area contributed by atoms with Crippen LogP contribution in [0.4, 0.5) is 5.69 Å². The molecular weight excluding hydrogens is 390 g/mol. The topological polar surface area (TPSA) is 87.7 Å². The molecule has 2 aliphatic heterocycles. The first-order valence-corrected chi connectivity index (χ1v) is 9.86. The molecule has 0 spiro atoms. The number of carbonyl (C=O) groups excluding carboxylic acids is 3. The molecule has 2 fully saturated rings. The van der Waals surface area contributed by atoms with Crippen LogP contribution >= 0.6 is 24.2 Å². The molecule has 3 rings (SSSR count). The van der Waals surface area contributed by atoms with Gasteiger partial charge in [-0.3, -0.25) is 14.9 Å². The van der Waals surface area contributed by atoms with Gasteiger partial charge in [-0.15, -0.1) is 24.2 Å². The van der Waals surface area contributed by atoms with Crippen molar-refractivity contribution >= 4 is 47.6 Å². The molecule has 2 N–H and O–H groups in total. The molecule has 2 atom stereocenters. The van der Waals surface area contributed by atoms with Crippen molar-refractivity contribution in [3.05, 3.63) is 29.8 Å². The predicted molar refractivity (Wildman–Crippen MR) is 107 cm³/mol. The number of benzene rings is 1. The van der Waals surface area contributed by atoms with Gasteiger partial charge in [0, 0.05) is 29.4 Å². The Morgan fingerprint density at radius 1 is 1.30 bits per heavy atom. The van der Waals surface area contributed by atoms with Crippen molar-refractivity contribution in [2.75, 3.05) is 30.6 Å². The standard InChI is InChI=1S/C18H23N3O4S.ClH/c1-25-18(24)15-7-2-3-8-21(15)17(23)12-5-4-6-13(9-12)20-16(22)14-10-26-11-19-14;/h4-6,9,14-15,19H,2-3,7-8,10-11H2,1H3,(H,20,22);1H. The monoisotopic (exact) mass is 413 g/mol. The van der Waals surface area contributed by atoms with E-state index in [9.17, 15) is 14.4 Å². The Hall–Kier alpha value is -1.77. The minimum absolute atomic E-state index is 0. The third kappa shape index (κ3) is 5.15. The molecule has 2 unspecified atom stereocenters. The number of hydrogen-bond acceptors (Lipinski definition) is 6. The van der Waals surface area contributed by atoms with Crippen LogP contribution in [0.5, 0.6) is 0 Å². The van der Waals surface area contributed by atoms with Gasteiger partial charge in [0.2, 0.25) is 5.91 Å². The third-order valence-electron chi connectivity index (χ3n) is 4.65. The van der Waals surface area contributed by atoms with Crippen LogP contribution in [0.3, 0.4) is 0 Å². The zero-order valence-corrected chi connectivity index (χ0v) is 16.7. The van der Waals surface area contributed by atoms with Gasteiger partial charge in [0.05, 0.1) is 13.2 Å². The highest BCUT2D eigenvalue weighted by molar-refractivity contribution is 7.99. The summed E-state index contributed by atoms with van der Waals surface area (Å²) in [5, 5.41) is 5.96. The van der Waals surface area contributed by atoms with Crippen LogP contribution in [0, 0.1) is 0 Å². The molecule has 2 saturated heterocycles. The molecule has 148 valence electrons. The number of ether oxygens (including phenoxy) is 1. The number of nitrogens with zero attached hydrogens (tertiary/aromatic N) is 1. The second-order valence-electron chi connectivity index (χ2n) is 6.38. The maximum atomic E-state index is 12.9. The first kappa shape index (κ1) is 21.5. The number of halogens is 1. The number of likely N-dealkylation sites (tertiary alicyclic amines) is 1. The number of rotatable bonds is 4. The quantitative estimate of drug-likeness (QED) is 0.733. The van der Waals surface area contributed by atoms with Gasteiger partial charge in [-0.1, -0.05) is 6.07 Å². The Labute approximate surface area is 169 Å². The van der Waals surface area contributed by atoms with E-state index >= 15 is 0 Å². The molecule has 9 heteroatoms. The maximum Gasteiger partial charge on any atom is 0.328 e. The Bertz CT molecular complexity index is 697. The van der Waals surface area contributed by atoms with Crippen LogP contribution in [0.15, 0.2) is 24.3 Å². The van der Waals surface area contributed by atoms with Crippen LogP contribution < -0.4 is 10.6 Å². The molecule has 2 amide bonds. The van der Waals surface area contributed by atoms with Crippen LogP contribution in [0.25, 0.3) is 0 Å². The molecule has 0 bridgehead atoms.